The number of ether oxygens (including phenoxy) is 1. The molecule has 0 spiro atoms. The van der Waals surface area contributed by atoms with E-state index in [1.807, 2.05) is 4.90 Å². The molecule has 0 N–H and O–H groups in total. The smallest absolute Gasteiger partial charge is 0.417 e. The molecule has 0 aliphatic carbocycles. The molecule has 7 nitrogen and oxygen atoms in total. The fourth-order valence-corrected chi connectivity index (χ4v) is 2.72. The van der Waals surface area contributed by atoms with Crippen LogP contribution in [-0.2, 0) is 6.18 Å². The Morgan fingerprint density at radius 2 is 2.08 bits per heavy atom. The van der Waals surface area contributed by atoms with Crippen molar-refractivity contribution in [2.75, 3.05) is 18.0 Å². The van der Waals surface area contributed by atoms with Crippen molar-refractivity contribution >= 4 is 11.5 Å². The molecule has 0 radical (unpaired) electrons. The third-order valence-corrected chi connectivity index (χ3v) is 4.09. The van der Waals surface area contributed by atoms with Crippen LogP contribution < -0.4 is 9.64 Å². The number of aromatic nitrogens is 2. The molecular weight excluding hydrogens is 353 g/mol. The molecule has 1 fully saturated rings. The number of alkyl halides is 3. The van der Waals surface area contributed by atoms with E-state index in [9.17, 15) is 23.3 Å². The summed E-state index contributed by atoms with van der Waals surface area (Å²) in [4.78, 5) is 20.1. The first-order chi connectivity index (χ1) is 12.2. The molecule has 10 heteroatoms. The van der Waals surface area contributed by atoms with Gasteiger partial charge in [0.1, 0.15) is 18.1 Å². The summed E-state index contributed by atoms with van der Waals surface area (Å²) in [7, 11) is 0. The van der Waals surface area contributed by atoms with Gasteiger partial charge in [0.15, 0.2) is 0 Å². The number of pyridine rings is 2. The number of anilines is 1. The van der Waals surface area contributed by atoms with E-state index in [0.29, 0.717) is 30.9 Å². The Labute approximate surface area is 146 Å². The second-order valence-electron chi connectivity index (χ2n) is 5.94. The topological polar surface area (TPSA) is 81.4 Å². The molecule has 1 aliphatic rings. The van der Waals surface area contributed by atoms with Crippen LogP contribution in [0.1, 0.15) is 17.5 Å². The average molecular weight is 368 g/mol. The first kappa shape index (κ1) is 17.9. The molecule has 2 aromatic heterocycles. The standard InChI is InChI=1S/C16H15F3N4O3/c1-10-6-14(20-8-13(10)23(24)25)22-5-4-12(9-22)26-15-3-2-11(7-21-15)16(17,18)19/h2-3,6-8,12H,4-5,9H2,1H3. The predicted octanol–water partition coefficient (Wildman–Crippen LogP) is 3.37. The highest BCUT2D eigenvalue weighted by atomic mass is 19.4. The fourth-order valence-electron chi connectivity index (χ4n) is 2.72. The summed E-state index contributed by atoms with van der Waals surface area (Å²) >= 11 is 0. The number of hydrogen-bond donors (Lipinski definition) is 0. The predicted molar refractivity (Wildman–Crippen MR) is 86.1 cm³/mol. The van der Waals surface area contributed by atoms with Gasteiger partial charge in [-0.05, 0) is 19.1 Å². The lowest BCUT2D eigenvalue weighted by molar-refractivity contribution is -0.385. The van der Waals surface area contributed by atoms with Gasteiger partial charge in [0.2, 0.25) is 5.88 Å². The molecule has 0 saturated carbocycles. The van der Waals surface area contributed by atoms with Gasteiger partial charge in [-0.25, -0.2) is 9.97 Å². The highest BCUT2D eigenvalue weighted by Gasteiger charge is 2.31. The van der Waals surface area contributed by atoms with Crippen molar-refractivity contribution in [3.05, 3.63) is 51.8 Å². The van der Waals surface area contributed by atoms with Crippen molar-refractivity contribution in [1.29, 1.82) is 0 Å². The van der Waals surface area contributed by atoms with Crippen LogP contribution in [0, 0.1) is 17.0 Å². The summed E-state index contributed by atoms with van der Waals surface area (Å²) in [6, 6.07) is 3.76. The number of halogens is 3. The molecule has 1 aliphatic heterocycles. The van der Waals surface area contributed by atoms with E-state index in [-0.39, 0.29) is 17.7 Å². The molecule has 3 heterocycles. The van der Waals surface area contributed by atoms with Gasteiger partial charge < -0.3 is 9.64 Å². The summed E-state index contributed by atoms with van der Waals surface area (Å²) in [6.07, 6.45) is -2.09. The zero-order valence-corrected chi connectivity index (χ0v) is 13.7. The Kier molecular flexibility index (Phi) is 4.66. The van der Waals surface area contributed by atoms with Gasteiger partial charge in [0.25, 0.3) is 5.69 Å². The number of aryl methyl sites for hydroxylation is 1. The molecule has 26 heavy (non-hydrogen) atoms. The average Bonchev–Trinajstić information content (AvgIpc) is 3.02. The van der Waals surface area contributed by atoms with Crippen molar-refractivity contribution in [3.63, 3.8) is 0 Å². The van der Waals surface area contributed by atoms with E-state index in [4.69, 9.17) is 4.74 Å². The minimum Gasteiger partial charge on any atom is -0.472 e. The van der Waals surface area contributed by atoms with Gasteiger partial charge in [0.05, 0.1) is 17.0 Å². The molecule has 138 valence electrons. The maximum atomic E-state index is 12.5. The number of rotatable bonds is 4. The van der Waals surface area contributed by atoms with Crippen LogP contribution in [0.3, 0.4) is 0 Å². The van der Waals surface area contributed by atoms with Crippen molar-refractivity contribution in [3.8, 4) is 5.88 Å². The third kappa shape index (κ3) is 3.84. The normalized spacial score (nSPS) is 17.4. The largest absolute Gasteiger partial charge is 0.472 e. The van der Waals surface area contributed by atoms with E-state index in [0.717, 1.165) is 12.3 Å². The first-order valence-corrected chi connectivity index (χ1v) is 7.80. The summed E-state index contributed by atoms with van der Waals surface area (Å²) in [5.74, 6) is 0.720. The quantitative estimate of drug-likeness (QED) is 0.608. The lowest BCUT2D eigenvalue weighted by Crippen LogP contribution is -2.25. The highest BCUT2D eigenvalue weighted by molar-refractivity contribution is 5.49. The Morgan fingerprint density at radius 3 is 2.65 bits per heavy atom. The lowest BCUT2D eigenvalue weighted by Gasteiger charge is -2.18. The minimum absolute atomic E-state index is 0.0466. The fraction of sp³-hybridized carbons (Fsp3) is 0.375. The maximum Gasteiger partial charge on any atom is 0.417 e. The Balaban J connectivity index is 1.64. The van der Waals surface area contributed by atoms with Gasteiger partial charge in [-0.1, -0.05) is 0 Å². The van der Waals surface area contributed by atoms with Crippen LogP contribution >= 0.6 is 0 Å². The van der Waals surface area contributed by atoms with Crippen LogP contribution in [0.4, 0.5) is 24.7 Å². The first-order valence-electron chi connectivity index (χ1n) is 7.80. The molecule has 1 saturated heterocycles. The molecule has 0 amide bonds. The van der Waals surface area contributed by atoms with Crippen LogP contribution in [0.15, 0.2) is 30.6 Å². The summed E-state index contributed by atoms with van der Waals surface area (Å²) < 4.78 is 43.2. The molecule has 1 unspecified atom stereocenters. The Morgan fingerprint density at radius 1 is 1.31 bits per heavy atom. The van der Waals surface area contributed by atoms with Gasteiger partial charge in [-0.3, -0.25) is 10.1 Å². The summed E-state index contributed by atoms with van der Waals surface area (Å²) in [6.45, 7) is 2.72. The van der Waals surface area contributed by atoms with E-state index in [1.165, 1.54) is 12.3 Å². The second kappa shape index (κ2) is 6.77. The molecular formula is C16H15F3N4O3. The van der Waals surface area contributed by atoms with E-state index >= 15 is 0 Å². The van der Waals surface area contributed by atoms with Crippen LogP contribution in [-0.4, -0.2) is 34.1 Å². The van der Waals surface area contributed by atoms with Gasteiger partial charge >= 0.3 is 6.18 Å². The van der Waals surface area contributed by atoms with E-state index < -0.39 is 16.7 Å². The minimum atomic E-state index is -4.44. The van der Waals surface area contributed by atoms with E-state index in [1.54, 1.807) is 13.0 Å². The van der Waals surface area contributed by atoms with Crippen molar-refractivity contribution < 1.29 is 22.8 Å². The molecule has 1 atom stereocenters. The maximum absolute atomic E-state index is 12.5. The number of nitrogens with zero attached hydrogens (tertiary/aromatic N) is 4. The highest BCUT2D eigenvalue weighted by Crippen LogP contribution is 2.30. The van der Waals surface area contributed by atoms with Crippen molar-refractivity contribution in [2.24, 2.45) is 0 Å². The SMILES string of the molecule is Cc1cc(N2CCC(Oc3ccc(C(F)(F)F)cn3)C2)ncc1[N+](=O)[O-]. The van der Waals surface area contributed by atoms with Gasteiger partial charge in [0, 0.05) is 30.8 Å². The monoisotopic (exact) mass is 368 g/mol. The number of nitro groups is 1. The van der Waals surface area contributed by atoms with Gasteiger partial charge in [-0.2, -0.15) is 13.2 Å². The molecule has 0 bridgehead atoms. The Hall–Kier alpha value is -2.91. The summed E-state index contributed by atoms with van der Waals surface area (Å²) in [5.41, 5.74) is -0.369. The second-order valence-corrected chi connectivity index (χ2v) is 5.94. The zero-order chi connectivity index (χ0) is 18.9. The van der Waals surface area contributed by atoms with Crippen LogP contribution in [0.5, 0.6) is 5.88 Å². The molecule has 0 aromatic carbocycles. The molecule has 3 rings (SSSR count). The summed E-state index contributed by atoms with van der Waals surface area (Å²) in [5, 5.41) is 10.9. The van der Waals surface area contributed by atoms with Gasteiger partial charge in [-0.15, -0.1) is 0 Å². The number of hydrogen-bond acceptors (Lipinski definition) is 6. The van der Waals surface area contributed by atoms with Crippen LogP contribution in [0.25, 0.3) is 0 Å². The van der Waals surface area contributed by atoms with Crippen LogP contribution in [0.2, 0.25) is 0 Å². The Bertz CT molecular complexity index is 811. The molecule has 2 aromatic rings. The zero-order valence-electron chi connectivity index (χ0n) is 13.7. The van der Waals surface area contributed by atoms with E-state index in [2.05, 4.69) is 9.97 Å². The van der Waals surface area contributed by atoms with Crippen molar-refractivity contribution in [1.82, 2.24) is 9.97 Å². The third-order valence-electron chi connectivity index (χ3n) is 4.09. The lowest BCUT2D eigenvalue weighted by atomic mass is 10.2. The van der Waals surface area contributed by atoms with Crippen molar-refractivity contribution in [2.45, 2.75) is 25.6 Å².